The van der Waals surface area contributed by atoms with E-state index in [-0.39, 0.29) is 0 Å². The first kappa shape index (κ1) is 9.31. The molecule has 0 heteroatoms. The predicted octanol–water partition coefficient (Wildman–Crippen LogP) is 4.01. The fraction of sp³-hybridized carbons (Fsp3) is 0.500. The van der Waals surface area contributed by atoms with E-state index in [1.54, 1.807) is 11.1 Å². The summed E-state index contributed by atoms with van der Waals surface area (Å²) in [4.78, 5) is 0. The van der Waals surface area contributed by atoms with Crippen LogP contribution in [-0.4, -0.2) is 0 Å². The molecule has 1 aliphatic rings. The van der Waals surface area contributed by atoms with Gasteiger partial charge in [0.25, 0.3) is 0 Å². The van der Waals surface area contributed by atoms with Gasteiger partial charge in [0, 0.05) is 0 Å². The third kappa shape index (κ3) is 1.69. The maximum Gasteiger partial charge on any atom is -0.00962 e. The van der Waals surface area contributed by atoms with Gasteiger partial charge in [0.1, 0.15) is 0 Å². The van der Waals surface area contributed by atoms with Gasteiger partial charge in [-0.25, -0.2) is 0 Å². The summed E-state index contributed by atoms with van der Waals surface area (Å²) in [7, 11) is 0. The molecule has 0 bridgehead atoms. The fourth-order valence-electron chi connectivity index (χ4n) is 1.69. The summed E-state index contributed by atoms with van der Waals surface area (Å²) in [5, 5.41) is 0. The zero-order valence-corrected chi connectivity index (χ0v) is 8.41. The number of hydrogen-bond donors (Lipinski definition) is 0. The fourth-order valence-corrected chi connectivity index (χ4v) is 1.69. The number of allylic oxidation sites excluding steroid dienone is 5. The lowest BCUT2D eigenvalue weighted by atomic mass is 10.0. The molecule has 0 saturated heterocycles. The second-order valence-corrected chi connectivity index (χ2v) is 3.48. The van der Waals surface area contributed by atoms with Gasteiger partial charge in [-0.15, -0.1) is 0 Å². The second-order valence-electron chi connectivity index (χ2n) is 3.48. The van der Waals surface area contributed by atoms with E-state index in [1.807, 2.05) is 0 Å². The van der Waals surface area contributed by atoms with E-state index in [0.29, 0.717) is 0 Å². The molecule has 66 valence electrons. The summed E-state index contributed by atoms with van der Waals surface area (Å²) < 4.78 is 0. The third-order valence-corrected chi connectivity index (χ3v) is 2.51. The molecule has 0 spiro atoms. The van der Waals surface area contributed by atoms with E-state index in [9.17, 15) is 0 Å². The van der Waals surface area contributed by atoms with Crippen molar-refractivity contribution in [3.63, 3.8) is 0 Å². The van der Waals surface area contributed by atoms with Crippen molar-refractivity contribution < 1.29 is 0 Å². The molecule has 0 fully saturated rings. The average Bonchev–Trinajstić information content (AvgIpc) is 2.47. The lowest BCUT2D eigenvalue weighted by molar-refractivity contribution is 0.956. The van der Waals surface area contributed by atoms with Crippen LogP contribution in [0.2, 0.25) is 0 Å². The van der Waals surface area contributed by atoms with E-state index in [0.717, 1.165) is 0 Å². The van der Waals surface area contributed by atoms with E-state index >= 15 is 0 Å². The molecule has 0 aliphatic heterocycles. The van der Waals surface area contributed by atoms with Gasteiger partial charge >= 0.3 is 0 Å². The first-order valence-electron chi connectivity index (χ1n) is 4.76. The molecule has 0 saturated carbocycles. The molecule has 0 atom stereocenters. The Morgan fingerprint density at radius 2 is 2.08 bits per heavy atom. The molecule has 0 amide bonds. The van der Waals surface area contributed by atoms with Crippen molar-refractivity contribution >= 4 is 0 Å². The van der Waals surface area contributed by atoms with E-state index in [1.165, 1.54) is 30.4 Å². The smallest absolute Gasteiger partial charge is 0.00962 e. The van der Waals surface area contributed by atoms with Crippen molar-refractivity contribution in [3.8, 4) is 0 Å². The Balaban J connectivity index is 2.87. The topological polar surface area (TPSA) is 0 Å². The molecule has 0 aromatic heterocycles. The summed E-state index contributed by atoms with van der Waals surface area (Å²) in [6.45, 7) is 10.5. The molecule has 0 heterocycles. The van der Waals surface area contributed by atoms with Crippen LogP contribution in [0.15, 0.2) is 34.9 Å². The highest BCUT2D eigenvalue weighted by Crippen LogP contribution is 2.32. The molecule has 0 unspecified atom stereocenters. The maximum absolute atomic E-state index is 4.00. The Labute approximate surface area is 75.7 Å². The van der Waals surface area contributed by atoms with Crippen LogP contribution in [0, 0.1) is 0 Å². The average molecular weight is 162 g/mol. The van der Waals surface area contributed by atoms with Crippen LogP contribution < -0.4 is 0 Å². The Bertz CT molecular complexity index is 251. The SMILES string of the molecule is C=C(C)C1=C(CC)CC(CC)=C1. The minimum Gasteiger partial charge on any atom is -0.0955 e. The molecule has 0 nitrogen and oxygen atoms in total. The van der Waals surface area contributed by atoms with Crippen LogP contribution in [0.3, 0.4) is 0 Å². The van der Waals surface area contributed by atoms with Gasteiger partial charge in [0.2, 0.25) is 0 Å². The zero-order valence-electron chi connectivity index (χ0n) is 8.41. The first-order valence-corrected chi connectivity index (χ1v) is 4.76. The molecule has 0 aromatic carbocycles. The molecular weight excluding hydrogens is 144 g/mol. The third-order valence-electron chi connectivity index (χ3n) is 2.51. The quantitative estimate of drug-likeness (QED) is 0.588. The second kappa shape index (κ2) is 3.75. The van der Waals surface area contributed by atoms with Crippen LogP contribution in [0.5, 0.6) is 0 Å². The van der Waals surface area contributed by atoms with Gasteiger partial charge in [-0.1, -0.05) is 43.2 Å². The standard InChI is InChI=1S/C12H18/c1-5-10-7-11(6-2)12(8-10)9(3)4/h8H,3,5-7H2,1-2,4H3. The zero-order chi connectivity index (χ0) is 9.14. The molecule has 1 rings (SSSR count). The first-order chi connectivity index (χ1) is 5.69. The molecule has 0 N–H and O–H groups in total. The highest BCUT2D eigenvalue weighted by molar-refractivity contribution is 5.48. The van der Waals surface area contributed by atoms with Crippen LogP contribution in [0.25, 0.3) is 0 Å². The molecule has 0 radical (unpaired) electrons. The van der Waals surface area contributed by atoms with Gasteiger partial charge in [-0.3, -0.25) is 0 Å². The van der Waals surface area contributed by atoms with Gasteiger partial charge in [0.05, 0.1) is 0 Å². The van der Waals surface area contributed by atoms with Crippen molar-refractivity contribution in [2.75, 3.05) is 0 Å². The largest absolute Gasteiger partial charge is 0.0955 e. The van der Waals surface area contributed by atoms with E-state index in [2.05, 4.69) is 33.4 Å². The van der Waals surface area contributed by atoms with Crippen molar-refractivity contribution in [2.24, 2.45) is 0 Å². The van der Waals surface area contributed by atoms with Gasteiger partial charge in [0.15, 0.2) is 0 Å². The molecular formula is C12H18. The number of rotatable bonds is 3. The highest BCUT2D eigenvalue weighted by Gasteiger charge is 2.12. The van der Waals surface area contributed by atoms with Crippen LogP contribution in [0.1, 0.15) is 40.0 Å². The van der Waals surface area contributed by atoms with Crippen LogP contribution in [-0.2, 0) is 0 Å². The lowest BCUT2D eigenvalue weighted by Crippen LogP contribution is -1.83. The summed E-state index contributed by atoms with van der Waals surface area (Å²) in [5.41, 5.74) is 5.76. The number of hydrogen-bond acceptors (Lipinski definition) is 0. The van der Waals surface area contributed by atoms with E-state index < -0.39 is 0 Å². The van der Waals surface area contributed by atoms with E-state index in [4.69, 9.17) is 0 Å². The summed E-state index contributed by atoms with van der Waals surface area (Å²) in [5.74, 6) is 0. The van der Waals surface area contributed by atoms with Crippen molar-refractivity contribution in [1.29, 1.82) is 0 Å². The molecule has 1 aliphatic carbocycles. The Hall–Kier alpha value is -0.780. The monoisotopic (exact) mass is 162 g/mol. The van der Waals surface area contributed by atoms with Crippen molar-refractivity contribution in [2.45, 2.75) is 40.0 Å². The van der Waals surface area contributed by atoms with Gasteiger partial charge in [-0.05, 0) is 31.8 Å². The minimum absolute atomic E-state index is 1.17. The normalized spacial score (nSPS) is 16.8. The minimum atomic E-state index is 1.17. The Kier molecular flexibility index (Phi) is 2.91. The van der Waals surface area contributed by atoms with Crippen molar-refractivity contribution in [1.82, 2.24) is 0 Å². The van der Waals surface area contributed by atoms with Crippen LogP contribution >= 0.6 is 0 Å². The van der Waals surface area contributed by atoms with Gasteiger partial charge < -0.3 is 0 Å². The predicted molar refractivity (Wildman–Crippen MR) is 55.1 cm³/mol. The highest BCUT2D eigenvalue weighted by atomic mass is 14.2. The lowest BCUT2D eigenvalue weighted by Gasteiger charge is -2.02. The summed E-state index contributed by atoms with van der Waals surface area (Å²) in [6, 6.07) is 0. The summed E-state index contributed by atoms with van der Waals surface area (Å²) in [6.07, 6.45) is 5.86. The van der Waals surface area contributed by atoms with Crippen LogP contribution in [0.4, 0.5) is 0 Å². The Morgan fingerprint density at radius 1 is 1.42 bits per heavy atom. The molecule has 12 heavy (non-hydrogen) atoms. The molecule has 0 aromatic rings. The van der Waals surface area contributed by atoms with Crippen molar-refractivity contribution in [3.05, 3.63) is 34.9 Å². The maximum atomic E-state index is 4.00. The van der Waals surface area contributed by atoms with Gasteiger partial charge in [-0.2, -0.15) is 0 Å². The summed E-state index contributed by atoms with van der Waals surface area (Å²) >= 11 is 0. The Morgan fingerprint density at radius 3 is 2.42 bits per heavy atom.